The number of amides is 2. The van der Waals surface area contributed by atoms with Crippen LogP contribution >= 0.6 is 0 Å². The van der Waals surface area contributed by atoms with Gasteiger partial charge in [-0.25, -0.2) is 0 Å². The van der Waals surface area contributed by atoms with Crippen LogP contribution in [-0.4, -0.2) is 16.8 Å². The van der Waals surface area contributed by atoms with Gasteiger partial charge in [0.15, 0.2) is 0 Å². The smallest absolute Gasteiger partial charge is 0.255 e. The predicted molar refractivity (Wildman–Crippen MR) is 95.0 cm³/mol. The van der Waals surface area contributed by atoms with Gasteiger partial charge in [-0.2, -0.15) is 0 Å². The summed E-state index contributed by atoms with van der Waals surface area (Å²) in [6.45, 7) is 3.94. The molecule has 5 nitrogen and oxygen atoms in total. The van der Waals surface area contributed by atoms with Gasteiger partial charge in [-0.3, -0.25) is 9.59 Å². The topological polar surface area (TPSA) is 74.0 Å². The largest absolute Gasteiger partial charge is 0.359 e. The zero-order valence-corrected chi connectivity index (χ0v) is 13.6. The second-order valence-corrected chi connectivity index (χ2v) is 5.82. The Hall–Kier alpha value is -3.08. The summed E-state index contributed by atoms with van der Waals surface area (Å²) < 4.78 is 0. The zero-order chi connectivity index (χ0) is 17.1. The van der Waals surface area contributed by atoms with Crippen LogP contribution in [0.5, 0.6) is 0 Å². The highest BCUT2D eigenvalue weighted by Crippen LogP contribution is 2.20. The first-order valence-corrected chi connectivity index (χ1v) is 7.75. The average Bonchev–Trinajstić information content (AvgIpc) is 2.92. The van der Waals surface area contributed by atoms with E-state index in [1.54, 1.807) is 12.1 Å². The number of hydrogen-bond acceptors (Lipinski definition) is 2. The van der Waals surface area contributed by atoms with Gasteiger partial charge in [0.1, 0.15) is 0 Å². The van der Waals surface area contributed by atoms with Crippen molar-refractivity contribution in [2.75, 3.05) is 5.32 Å². The summed E-state index contributed by atoms with van der Waals surface area (Å²) in [4.78, 5) is 26.5. The van der Waals surface area contributed by atoms with Gasteiger partial charge in [-0.05, 0) is 48.9 Å². The van der Waals surface area contributed by atoms with Crippen LogP contribution in [0.3, 0.4) is 0 Å². The SMILES string of the molecule is CC(=O)NCc1ccc(C(=O)Nc2ccc3[nH]c(C)cc3c2)cc1. The van der Waals surface area contributed by atoms with Gasteiger partial charge in [0.25, 0.3) is 5.91 Å². The molecule has 2 amide bonds. The number of fused-ring (bicyclic) bond motifs is 1. The summed E-state index contributed by atoms with van der Waals surface area (Å²) in [7, 11) is 0. The maximum Gasteiger partial charge on any atom is 0.255 e. The maximum absolute atomic E-state index is 12.3. The Morgan fingerprint density at radius 3 is 2.50 bits per heavy atom. The van der Waals surface area contributed by atoms with E-state index in [4.69, 9.17) is 0 Å². The number of H-pyrrole nitrogens is 1. The molecule has 0 aliphatic heterocycles. The minimum Gasteiger partial charge on any atom is -0.359 e. The third-order valence-electron chi connectivity index (χ3n) is 3.77. The molecule has 0 unspecified atom stereocenters. The molecular formula is C19H19N3O2. The second kappa shape index (κ2) is 6.58. The molecule has 5 heteroatoms. The Morgan fingerprint density at radius 1 is 1.04 bits per heavy atom. The molecule has 3 N–H and O–H groups in total. The van der Waals surface area contributed by atoms with E-state index < -0.39 is 0 Å². The number of aromatic amines is 1. The first-order valence-electron chi connectivity index (χ1n) is 7.75. The Balaban J connectivity index is 1.70. The number of aromatic nitrogens is 1. The number of rotatable bonds is 4. The lowest BCUT2D eigenvalue weighted by molar-refractivity contribution is -0.119. The monoisotopic (exact) mass is 321 g/mol. The number of nitrogens with one attached hydrogen (secondary N) is 3. The van der Waals surface area contributed by atoms with Crippen molar-refractivity contribution in [3.8, 4) is 0 Å². The molecule has 3 rings (SSSR count). The molecule has 0 saturated carbocycles. The average molecular weight is 321 g/mol. The Kier molecular flexibility index (Phi) is 4.33. The van der Waals surface area contributed by atoms with Crippen molar-refractivity contribution in [2.45, 2.75) is 20.4 Å². The van der Waals surface area contributed by atoms with E-state index in [1.165, 1.54) is 6.92 Å². The molecule has 1 heterocycles. The highest BCUT2D eigenvalue weighted by atomic mass is 16.2. The third-order valence-corrected chi connectivity index (χ3v) is 3.77. The van der Waals surface area contributed by atoms with E-state index in [2.05, 4.69) is 15.6 Å². The minimum absolute atomic E-state index is 0.0767. The van der Waals surface area contributed by atoms with Crippen molar-refractivity contribution in [1.29, 1.82) is 0 Å². The van der Waals surface area contributed by atoms with Gasteiger partial charge in [-0.15, -0.1) is 0 Å². The molecule has 2 aromatic carbocycles. The summed E-state index contributed by atoms with van der Waals surface area (Å²) in [5.41, 5.74) is 4.42. The Morgan fingerprint density at radius 2 is 1.79 bits per heavy atom. The molecule has 0 fully saturated rings. The lowest BCUT2D eigenvalue weighted by Crippen LogP contribution is -2.19. The molecule has 0 atom stereocenters. The number of carbonyl (C=O) groups is 2. The quantitative estimate of drug-likeness (QED) is 0.689. The molecular weight excluding hydrogens is 302 g/mol. The fraction of sp³-hybridized carbons (Fsp3) is 0.158. The fourth-order valence-electron chi connectivity index (χ4n) is 2.56. The van der Waals surface area contributed by atoms with E-state index in [0.29, 0.717) is 12.1 Å². The van der Waals surface area contributed by atoms with E-state index >= 15 is 0 Å². The van der Waals surface area contributed by atoms with E-state index in [0.717, 1.165) is 27.8 Å². The summed E-state index contributed by atoms with van der Waals surface area (Å²) in [6.07, 6.45) is 0. The van der Waals surface area contributed by atoms with Crippen LogP contribution in [0.1, 0.15) is 28.5 Å². The molecule has 0 aliphatic carbocycles. The van der Waals surface area contributed by atoms with Crippen LogP contribution in [0, 0.1) is 6.92 Å². The van der Waals surface area contributed by atoms with Crippen LogP contribution < -0.4 is 10.6 Å². The molecule has 0 radical (unpaired) electrons. The van der Waals surface area contributed by atoms with Crippen molar-refractivity contribution in [3.63, 3.8) is 0 Å². The van der Waals surface area contributed by atoms with Crippen LogP contribution in [0.4, 0.5) is 5.69 Å². The molecule has 3 aromatic rings. The standard InChI is InChI=1S/C19H19N3O2/c1-12-9-16-10-17(7-8-18(16)21-12)22-19(24)15-5-3-14(4-6-15)11-20-13(2)23/h3-10,21H,11H2,1-2H3,(H,20,23)(H,22,24). The normalized spacial score (nSPS) is 10.6. The molecule has 0 bridgehead atoms. The minimum atomic E-state index is -0.160. The molecule has 0 saturated heterocycles. The lowest BCUT2D eigenvalue weighted by Gasteiger charge is -2.07. The van der Waals surface area contributed by atoms with Crippen LogP contribution in [0.2, 0.25) is 0 Å². The van der Waals surface area contributed by atoms with Crippen LogP contribution in [0.15, 0.2) is 48.5 Å². The van der Waals surface area contributed by atoms with E-state index in [1.807, 2.05) is 43.3 Å². The first kappa shape index (κ1) is 15.8. The highest BCUT2D eigenvalue weighted by Gasteiger charge is 2.07. The Bertz CT molecular complexity index is 895. The first-order chi connectivity index (χ1) is 11.5. The summed E-state index contributed by atoms with van der Waals surface area (Å²) in [5, 5.41) is 6.70. The number of aryl methyl sites for hydroxylation is 1. The van der Waals surface area contributed by atoms with Gasteiger partial charge in [0.05, 0.1) is 0 Å². The van der Waals surface area contributed by atoms with Gasteiger partial charge in [-0.1, -0.05) is 12.1 Å². The third kappa shape index (κ3) is 3.63. The molecule has 1 aromatic heterocycles. The fourth-order valence-corrected chi connectivity index (χ4v) is 2.56. The highest BCUT2D eigenvalue weighted by molar-refractivity contribution is 6.05. The van der Waals surface area contributed by atoms with Crippen molar-refractivity contribution < 1.29 is 9.59 Å². The molecule has 24 heavy (non-hydrogen) atoms. The summed E-state index contributed by atoms with van der Waals surface area (Å²) in [6, 6.07) is 15.0. The number of benzene rings is 2. The van der Waals surface area contributed by atoms with Crippen molar-refractivity contribution in [1.82, 2.24) is 10.3 Å². The number of hydrogen-bond donors (Lipinski definition) is 3. The molecule has 0 spiro atoms. The van der Waals surface area contributed by atoms with Gasteiger partial charge in [0.2, 0.25) is 5.91 Å². The van der Waals surface area contributed by atoms with Crippen molar-refractivity contribution in [2.24, 2.45) is 0 Å². The Labute approximate surface area is 140 Å². The maximum atomic E-state index is 12.3. The van der Waals surface area contributed by atoms with E-state index in [-0.39, 0.29) is 11.8 Å². The number of anilines is 1. The lowest BCUT2D eigenvalue weighted by atomic mass is 10.1. The van der Waals surface area contributed by atoms with Crippen molar-refractivity contribution in [3.05, 3.63) is 65.4 Å². The van der Waals surface area contributed by atoms with Crippen LogP contribution in [0.25, 0.3) is 10.9 Å². The number of carbonyl (C=O) groups excluding carboxylic acids is 2. The zero-order valence-electron chi connectivity index (χ0n) is 13.6. The van der Waals surface area contributed by atoms with Gasteiger partial charge < -0.3 is 15.6 Å². The molecule has 0 aliphatic rings. The second-order valence-electron chi connectivity index (χ2n) is 5.82. The molecule has 122 valence electrons. The van der Waals surface area contributed by atoms with E-state index in [9.17, 15) is 9.59 Å². The van der Waals surface area contributed by atoms with Crippen molar-refractivity contribution >= 4 is 28.4 Å². The van der Waals surface area contributed by atoms with Gasteiger partial charge >= 0.3 is 0 Å². The summed E-state index contributed by atoms with van der Waals surface area (Å²) >= 11 is 0. The predicted octanol–water partition coefficient (Wildman–Crippen LogP) is 3.36. The van der Waals surface area contributed by atoms with Gasteiger partial charge in [0, 0.05) is 41.3 Å². The van der Waals surface area contributed by atoms with Crippen LogP contribution in [-0.2, 0) is 11.3 Å². The summed E-state index contributed by atoms with van der Waals surface area (Å²) in [5.74, 6) is -0.236.